The molecule has 4 aromatic rings. The summed E-state index contributed by atoms with van der Waals surface area (Å²) in [6.07, 6.45) is 5.75. The van der Waals surface area contributed by atoms with E-state index < -0.39 is 0 Å². The average molecular weight is 544 g/mol. The minimum Gasteiger partial charge on any atom is -0.372 e. The summed E-state index contributed by atoms with van der Waals surface area (Å²) in [7, 11) is 1.81. The first kappa shape index (κ1) is 25.2. The van der Waals surface area contributed by atoms with Crippen LogP contribution in [0.15, 0.2) is 61.1 Å². The van der Waals surface area contributed by atoms with Gasteiger partial charge in [-0.15, -0.1) is 0 Å². The Bertz CT molecular complexity index is 1540. The number of hydrogen-bond donors (Lipinski definition) is 2. The minimum atomic E-state index is -0.0596. The van der Waals surface area contributed by atoms with Crippen molar-refractivity contribution in [1.29, 1.82) is 0 Å². The molecule has 39 heavy (non-hydrogen) atoms. The molecular weight excluding hydrogens is 514 g/mol. The van der Waals surface area contributed by atoms with E-state index in [2.05, 4.69) is 26.7 Å². The van der Waals surface area contributed by atoms with Gasteiger partial charge in [0, 0.05) is 60.8 Å². The largest absolute Gasteiger partial charge is 0.372 e. The van der Waals surface area contributed by atoms with Crippen molar-refractivity contribution in [1.82, 2.24) is 24.3 Å². The van der Waals surface area contributed by atoms with Crippen LogP contribution in [-0.2, 0) is 17.8 Å². The topological polar surface area (TPSA) is 95.4 Å². The van der Waals surface area contributed by atoms with Crippen LogP contribution in [0.4, 0.5) is 16.3 Å². The van der Waals surface area contributed by atoms with Crippen LogP contribution in [-0.4, -0.2) is 69.0 Å². The molecule has 10 heteroatoms. The van der Waals surface area contributed by atoms with Gasteiger partial charge in [0.15, 0.2) is 0 Å². The maximum Gasteiger partial charge on any atom is 0.322 e. The molecule has 0 radical (unpaired) electrons. The smallest absolute Gasteiger partial charge is 0.322 e. The molecule has 4 heterocycles. The molecule has 0 unspecified atom stereocenters. The summed E-state index contributed by atoms with van der Waals surface area (Å²) >= 11 is 6.54. The molecule has 9 nitrogen and oxygen atoms in total. The number of nitrogens with zero attached hydrogens (tertiary/aromatic N) is 5. The number of carbonyl (C=O) groups is 2. The van der Waals surface area contributed by atoms with E-state index >= 15 is 0 Å². The molecule has 1 saturated heterocycles. The number of amides is 3. The number of rotatable bonds is 5. The van der Waals surface area contributed by atoms with Crippen molar-refractivity contribution in [3.63, 3.8) is 0 Å². The lowest BCUT2D eigenvalue weighted by molar-refractivity contribution is -0.133. The minimum absolute atomic E-state index is 0.0217. The monoisotopic (exact) mass is 543 g/mol. The van der Waals surface area contributed by atoms with Crippen molar-refractivity contribution in [3.8, 4) is 11.1 Å². The predicted molar refractivity (Wildman–Crippen MR) is 153 cm³/mol. The molecular formula is C29H30ClN7O2. The van der Waals surface area contributed by atoms with Gasteiger partial charge in [0.2, 0.25) is 5.91 Å². The molecule has 3 amide bonds. The Labute approximate surface area is 231 Å². The zero-order chi connectivity index (χ0) is 26.9. The molecule has 6 rings (SSSR count). The lowest BCUT2D eigenvalue weighted by Crippen LogP contribution is -2.50. The lowest BCUT2D eigenvalue weighted by Gasteiger charge is -2.38. The summed E-state index contributed by atoms with van der Waals surface area (Å²) in [6, 6.07) is 15.6. The molecule has 0 aliphatic carbocycles. The van der Waals surface area contributed by atoms with E-state index in [-0.39, 0.29) is 24.5 Å². The Kier molecular flexibility index (Phi) is 6.83. The van der Waals surface area contributed by atoms with Crippen molar-refractivity contribution < 1.29 is 9.59 Å². The Morgan fingerprint density at radius 3 is 2.62 bits per heavy atom. The number of hydrogen-bond acceptors (Lipinski definition) is 5. The fourth-order valence-electron chi connectivity index (χ4n) is 5.73. The van der Waals surface area contributed by atoms with E-state index in [1.807, 2.05) is 70.1 Å². The van der Waals surface area contributed by atoms with Crippen molar-refractivity contribution in [3.05, 3.63) is 71.6 Å². The second-order valence-electron chi connectivity index (χ2n) is 9.96. The molecule has 200 valence electrons. The van der Waals surface area contributed by atoms with Gasteiger partial charge in [-0.2, -0.15) is 0 Å². The SMILES string of the molecule is CNc1ncnc2c1c(-c1ccccc1Cl)cn2CC(=O)N1CCC(N2CCc3ccccc3NC2=O)CC1. The third kappa shape index (κ3) is 4.78. The second kappa shape index (κ2) is 10.6. The standard InChI is InChI=1S/C29H30ClN7O2/c1-31-27-26-22(21-7-3-4-8-23(21)30)16-36(28(26)33-18-32-27)17-25(38)35-13-11-20(12-14-35)37-15-10-19-6-2-5-9-24(19)34-29(37)39/h2-9,16,18,20H,10-15,17H2,1H3,(H,34,39)(H,31,32,33). The molecule has 1 fully saturated rings. The predicted octanol–water partition coefficient (Wildman–Crippen LogP) is 4.87. The van der Waals surface area contributed by atoms with E-state index in [9.17, 15) is 9.59 Å². The van der Waals surface area contributed by atoms with Gasteiger partial charge in [0.25, 0.3) is 0 Å². The van der Waals surface area contributed by atoms with E-state index in [0.717, 1.165) is 47.0 Å². The third-order valence-corrected chi connectivity index (χ3v) is 8.09. The van der Waals surface area contributed by atoms with Gasteiger partial charge in [0.05, 0.1) is 5.39 Å². The maximum absolute atomic E-state index is 13.5. The highest BCUT2D eigenvalue weighted by atomic mass is 35.5. The van der Waals surface area contributed by atoms with Crippen molar-refractivity contribution in [2.24, 2.45) is 0 Å². The first-order chi connectivity index (χ1) is 19.0. The Morgan fingerprint density at radius 2 is 1.82 bits per heavy atom. The number of halogens is 1. The van der Waals surface area contributed by atoms with E-state index in [4.69, 9.17) is 11.6 Å². The van der Waals surface area contributed by atoms with Crippen LogP contribution in [0.3, 0.4) is 0 Å². The van der Waals surface area contributed by atoms with Crippen molar-refractivity contribution >= 4 is 46.1 Å². The summed E-state index contributed by atoms with van der Waals surface area (Å²) in [5, 5.41) is 7.65. The fourth-order valence-corrected chi connectivity index (χ4v) is 5.97. The Balaban J connectivity index is 1.17. The number of fused-ring (bicyclic) bond motifs is 2. The fraction of sp³-hybridized carbons (Fsp3) is 0.310. The number of nitrogens with one attached hydrogen (secondary N) is 2. The number of benzene rings is 2. The van der Waals surface area contributed by atoms with E-state index in [1.54, 1.807) is 0 Å². The number of carbonyl (C=O) groups excluding carboxylic acids is 2. The lowest BCUT2D eigenvalue weighted by atomic mass is 10.0. The zero-order valence-corrected chi connectivity index (χ0v) is 22.5. The van der Waals surface area contributed by atoms with Gasteiger partial charge in [-0.3, -0.25) is 4.79 Å². The van der Waals surface area contributed by atoms with E-state index in [1.165, 1.54) is 6.33 Å². The molecule has 2 aromatic heterocycles. The van der Waals surface area contributed by atoms with Crippen LogP contribution in [0.1, 0.15) is 18.4 Å². The van der Waals surface area contributed by atoms with Crippen LogP contribution in [0.5, 0.6) is 0 Å². The summed E-state index contributed by atoms with van der Waals surface area (Å²) in [6.45, 7) is 2.04. The molecule has 2 N–H and O–H groups in total. The van der Waals surface area contributed by atoms with Gasteiger partial charge in [-0.1, -0.05) is 48.0 Å². The highest BCUT2D eigenvalue weighted by molar-refractivity contribution is 6.33. The number of aromatic nitrogens is 3. The van der Waals surface area contributed by atoms with Gasteiger partial charge < -0.3 is 25.0 Å². The highest BCUT2D eigenvalue weighted by Gasteiger charge is 2.31. The zero-order valence-electron chi connectivity index (χ0n) is 21.7. The van der Waals surface area contributed by atoms with Gasteiger partial charge >= 0.3 is 6.03 Å². The molecule has 0 bridgehead atoms. The molecule has 0 atom stereocenters. The number of para-hydroxylation sites is 1. The van der Waals surface area contributed by atoms with Crippen LogP contribution >= 0.6 is 11.6 Å². The maximum atomic E-state index is 13.5. The van der Waals surface area contributed by atoms with Crippen molar-refractivity contribution in [2.75, 3.05) is 37.3 Å². The molecule has 0 saturated carbocycles. The first-order valence-corrected chi connectivity index (χ1v) is 13.6. The van der Waals surface area contributed by atoms with Gasteiger partial charge in [-0.25, -0.2) is 14.8 Å². The number of urea groups is 1. The van der Waals surface area contributed by atoms with Gasteiger partial charge in [-0.05, 0) is 37.0 Å². The van der Waals surface area contributed by atoms with Crippen LogP contribution in [0.2, 0.25) is 5.02 Å². The average Bonchev–Trinajstić information content (AvgIpc) is 3.23. The van der Waals surface area contributed by atoms with Crippen LogP contribution < -0.4 is 10.6 Å². The molecule has 2 aromatic carbocycles. The third-order valence-electron chi connectivity index (χ3n) is 7.76. The summed E-state index contributed by atoms with van der Waals surface area (Å²) in [4.78, 5) is 39.2. The van der Waals surface area contributed by atoms with Crippen LogP contribution in [0.25, 0.3) is 22.2 Å². The summed E-state index contributed by atoms with van der Waals surface area (Å²) in [5.41, 5.74) is 4.45. The molecule has 2 aliphatic rings. The number of piperidine rings is 1. The summed E-state index contributed by atoms with van der Waals surface area (Å²) < 4.78 is 1.88. The molecule has 2 aliphatic heterocycles. The first-order valence-electron chi connectivity index (χ1n) is 13.2. The second-order valence-corrected chi connectivity index (χ2v) is 10.4. The molecule has 0 spiro atoms. The highest BCUT2D eigenvalue weighted by Crippen LogP contribution is 2.37. The van der Waals surface area contributed by atoms with E-state index in [0.29, 0.717) is 36.1 Å². The number of anilines is 2. The quantitative estimate of drug-likeness (QED) is 0.374. The normalized spacial score (nSPS) is 16.1. The Hall–Kier alpha value is -4.11. The Morgan fingerprint density at radius 1 is 1.05 bits per heavy atom. The van der Waals surface area contributed by atoms with Crippen molar-refractivity contribution in [2.45, 2.75) is 31.8 Å². The van der Waals surface area contributed by atoms with Crippen LogP contribution in [0, 0.1) is 0 Å². The number of likely N-dealkylation sites (tertiary alicyclic amines) is 1. The summed E-state index contributed by atoms with van der Waals surface area (Å²) in [5.74, 6) is 0.702. The van der Waals surface area contributed by atoms with Gasteiger partial charge in [0.1, 0.15) is 24.3 Å².